The highest BCUT2D eigenvalue weighted by molar-refractivity contribution is 9.10. The maximum absolute atomic E-state index is 11.6. The summed E-state index contributed by atoms with van der Waals surface area (Å²) in [6, 6.07) is 3.26. The molecule has 1 unspecified atom stereocenters. The number of aromatic amines is 2. The Morgan fingerprint density at radius 1 is 1.29 bits per heavy atom. The lowest BCUT2D eigenvalue weighted by atomic mass is 10.1. The van der Waals surface area contributed by atoms with Crippen LogP contribution in [0.2, 0.25) is 0 Å². The normalized spacial score (nSPS) is 13.7. The number of benzene rings is 1. The molecule has 0 radical (unpaired) electrons. The average Bonchev–Trinajstić information content (AvgIpc) is 2.71. The van der Waals surface area contributed by atoms with Crippen molar-refractivity contribution < 1.29 is 8.42 Å². The van der Waals surface area contributed by atoms with Gasteiger partial charge in [-0.3, -0.25) is 0 Å². The fraction of sp³-hybridized carbons (Fsp3) is 0.462. The molecule has 2 rings (SSSR count). The summed E-state index contributed by atoms with van der Waals surface area (Å²) in [5.74, 6) is 0.00572. The number of fused-ring (bicyclic) bond motifs is 1. The van der Waals surface area contributed by atoms with Crippen molar-refractivity contribution >= 4 is 36.8 Å². The Kier molecular flexibility index (Phi) is 4.90. The summed E-state index contributed by atoms with van der Waals surface area (Å²) in [6.07, 6.45) is 2.12. The van der Waals surface area contributed by atoms with Gasteiger partial charge >= 0.3 is 5.69 Å². The van der Waals surface area contributed by atoms with Gasteiger partial charge in [-0.2, -0.15) is 0 Å². The van der Waals surface area contributed by atoms with E-state index in [0.717, 1.165) is 16.5 Å². The molecular formula is C13H18BrN3O3S. The van der Waals surface area contributed by atoms with Crippen molar-refractivity contribution in [1.29, 1.82) is 0 Å². The van der Waals surface area contributed by atoms with Gasteiger partial charge < -0.3 is 15.3 Å². The fourth-order valence-corrected chi connectivity index (χ4v) is 3.74. The Morgan fingerprint density at radius 2 is 1.90 bits per heavy atom. The van der Waals surface area contributed by atoms with Crippen LogP contribution >= 0.6 is 15.9 Å². The minimum Gasteiger partial charge on any atom is -0.309 e. The van der Waals surface area contributed by atoms with Gasteiger partial charge in [0.2, 0.25) is 0 Å². The molecule has 3 N–H and O–H groups in total. The summed E-state index contributed by atoms with van der Waals surface area (Å²) in [4.78, 5) is 16.7. The lowest BCUT2D eigenvalue weighted by molar-refractivity contribution is 0.548. The van der Waals surface area contributed by atoms with Gasteiger partial charge in [-0.25, -0.2) is 13.2 Å². The second kappa shape index (κ2) is 6.33. The molecule has 0 amide bonds. The number of rotatable bonds is 6. The third-order valence-electron chi connectivity index (χ3n) is 3.12. The van der Waals surface area contributed by atoms with Crippen molar-refractivity contribution in [3.8, 4) is 0 Å². The van der Waals surface area contributed by atoms with Crippen LogP contribution in [0.1, 0.15) is 24.9 Å². The molecule has 116 valence electrons. The van der Waals surface area contributed by atoms with E-state index in [9.17, 15) is 13.2 Å². The van der Waals surface area contributed by atoms with Crippen molar-refractivity contribution in [3.63, 3.8) is 0 Å². The van der Waals surface area contributed by atoms with Crippen LogP contribution in [0.4, 0.5) is 0 Å². The second-order valence-corrected chi connectivity index (χ2v) is 8.14. The molecule has 0 aliphatic rings. The average molecular weight is 376 g/mol. The number of halogens is 1. The molecule has 0 saturated carbocycles. The number of sulfone groups is 1. The van der Waals surface area contributed by atoms with Crippen molar-refractivity contribution in [2.45, 2.75) is 19.4 Å². The van der Waals surface area contributed by atoms with Gasteiger partial charge in [0.15, 0.2) is 0 Å². The van der Waals surface area contributed by atoms with Crippen LogP contribution in [0.5, 0.6) is 0 Å². The monoisotopic (exact) mass is 375 g/mol. The van der Waals surface area contributed by atoms with Crippen molar-refractivity contribution in [2.24, 2.45) is 0 Å². The minimum absolute atomic E-state index is 0.00572. The molecule has 8 heteroatoms. The molecule has 0 bridgehead atoms. The Hall–Kier alpha value is -1.12. The molecule has 1 heterocycles. The van der Waals surface area contributed by atoms with E-state index < -0.39 is 9.84 Å². The highest BCUT2D eigenvalue weighted by Gasteiger charge is 2.20. The smallest absolute Gasteiger partial charge is 0.309 e. The van der Waals surface area contributed by atoms with E-state index >= 15 is 0 Å². The molecule has 0 aliphatic carbocycles. The van der Waals surface area contributed by atoms with Gasteiger partial charge in [0.05, 0.1) is 16.8 Å². The first kappa shape index (κ1) is 16.3. The van der Waals surface area contributed by atoms with E-state index in [-0.39, 0.29) is 17.5 Å². The van der Waals surface area contributed by atoms with Gasteiger partial charge in [-0.15, -0.1) is 0 Å². The lowest BCUT2D eigenvalue weighted by Crippen LogP contribution is -2.28. The van der Waals surface area contributed by atoms with E-state index in [4.69, 9.17) is 0 Å². The number of aromatic nitrogens is 2. The molecule has 1 aromatic heterocycles. The van der Waals surface area contributed by atoms with E-state index in [0.29, 0.717) is 17.6 Å². The molecule has 0 spiro atoms. The van der Waals surface area contributed by atoms with Gasteiger partial charge in [0.1, 0.15) is 9.84 Å². The zero-order chi connectivity index (χ0) is 15.6. The van der Waals surface area contributed by atoms with E-state index in [1.54, 1.807) is 12.1 Å². The summed E-state index contributed by atoms with van der Waals surface area (Å²) in [5, 5.41) is 3.24. The highest BCUT2D eigenvalue weighted by Crippen LogP contribution is 2.28. The second-order valence-electron chi connectivity index (χ2n) is 5.10. The SMILES string of the molecule is CCCNC(CS(C)(=O)=O)c1cc2[nH]c(=O)[nH]c2cc1Br. The number of hydrogen-bond donors (Lipinski definition) is 3. The number of imidazole rings is 1. The predicted molar refractivity (Wildman–Crippen MR) is 87.4 cm³/mol. The van der Waals surface area contributed by atoms with Crippen LogP contribution < -0.4 is 11.0 Å². The summed E-state index contributed by atoms with van der Waals surface area (Å²) in [5.41, 5.74) is 1.88. The van der Waals surface area contributed by atoms with Crippen LogP contribution in [-0.2, 0) is 9.84 Å². The lowest BCUT2D eigenvalue weighted by Gasteiger charge is -2.19. The zero-order valence-electron chi connectivity index (χ0n) is 11.9. The van der Waals surface area contributed by atoms with Gasteiger partial charge in [-0.1, -0.05) is 22.9 Å². The largest absolute Gasteiger partial charge is 0.323 e. The van der Waals surface area contributed by atoms with Crippen LogP contribution in [0.3, 0.4) is 0 Å². The van der Waals surface area contributed by atoms with E-state index in [1.165, 1.54) is 6.26 Å². The quantitative estimate of drug-likeness (QED) is 0.715. The molecular weight excluding hydrogens is 358 g/mol. The number of H-pyrrole nitrogens is 2. The van der Waals surface area contributed by atoms with Crippen LogP contribution in [-0.4, -0.2) is 36.9 Å². The molecule has 1 atom stereocenters. The first-order valence-corrected chi connectivity index (χ1v) is 9.48. The summed E-state index contributed by atoms with van der Waals surface area (Å²) in [7, 11) is -3.13. The molecule has 2 aromatic rings. The maximum Gasteiger partial charge on any atom is 0.323 e. The minimum atomic E-state index is -3.13. The van der Waals surface area contributed by atoms with Crippen molar-refractivity contribution in [1.82, 2.24) is 15.3 Å². The van der Waals surface area contributed by atoms with Gasteiger partial charge in [-0.05, 0) is 30.7 Å². The molecule has 0 fully saturated rings. The Labute approximate surface area is 131 Å². The summed E-state index contributed by atoms with van der Waals surface area (Å²) >= 11 is 3.46. The first-order chi connectivity index (χ1) is 9.80. The standard InChI is InChI=1S/C13H18BrN3O3S/c1-3-4-15-12(7-21(2,19)20)8-5-10-11(6-9(8)14)17-13(18)16-10/h5-6,12,15H,3-4,7H2,1-2H3,(H2,16,17,18). The third-order valence-corrected chi connectivity index (χ3v) is 4.74. The first-order valence-electron chi connectivity index (χ1n) is 6.62. The Bertz CT molecular complexity index is 795. The highest BCUT2D eigenvalue weighted by atomic mass is 79.9. The van der Waals surface area contributed by atoms with Crippen molar-refractivity contribution in [2.75, 3.05) is 18.6 Å². The number of nitrogens with one attached hydrogen (secondary N) is 3. The van der Waals surface area contributed by atoms with Gasteiger partial charge in [0.25, 0.3) is 0 Å². The summed E-state index contributed by atoms with van der Waals surface area (Å²) < 4.78 is 24.0. The van der Waals surface area contributed by atoms with Crippen molar-refractivity contribution in [3.05, 3.63) is 32.7 Å². The molecule has 0 aliphatic heterocycles. The third kappa shape index (κ3) is 4.18. The Balaban J connectivity index is 2.46. The maximum atomic E-state index is 11.6. The topological polar surface area (TPSA) is 94.8 Å². The van der Waals surface area contributed by atoms with Crippen LogP contribution in [0.15, 0.2) is 21.4 Å². The zero-order valence-corrected chi connectivity index (χ0v) is 14.3. The van der Waals surface area contributed by atoms with E-state index in [1.807, 2.05) is 6.92 Å². The fourth-order valence-electron chi connectivity index (χ4n) is 2.22. The summed E-state index contributed by atoms with van der Waals surface area (Å²) in [6.45, 7) is 2.74. The number of hydrogen-bond acceptors (Lipinski definition) is 4. The molecule has 21 heavy (non-hydrogen) atoms. The van der Waals surface area contributed by atoms with Crippen LogP contribution in [0.25, 0.3) is 11.0 Å². The van der Waals surface area contributed by atoms with Gasteiger partial charge in [0, 0.05) is 16.8 Å². The molecule has 1 aromatic carbocycles. The van der Waals surface area contributed by atoms with E-state index in [2.05, 4.69) is 31.2 Å². The molecule has 0 saturated heterocycles. The molecule has 6 nitrogen and oxygen atoms in total. The predicted octanol–water partition coefficient (Wildman–Crippen LogP) is 1.70. The van der Waals surface area contributed by atoms with Crippen LogP contribution in [0, 0.1) is 0 Å². The Morgan fingerprint density at radius 3 is 2.48 bits per heavy atom.